The van der Waals surface area contributed by atoms with Gasteiger partial charge in [-0.3, -0.25) is 9.36 Å². The second-order valence-electron chi connectivity index (χ2n) is 7.12. The van der Waals surface area contributed by atoms with E-state index in [1.165, 1.54) is 23.9 Å². The van der Waals surface area contributed by atoms with Gasteiger partial charge in [-0.05, 0) is 48.5 Å². The lowest BCUT2D eigenvalue weighted by Crippen LogP contribution is -2.03. The number of nitrogens with zero attached hydrogens (tertiary/aromatic N) is 2. The van der Waals surface area contributed by atoms with Crippen LogP contribution in [0.25, 0.3) is 27.9 Å². The second-order valence-corrected chi connectivity index (χ2v) is 8.50. The molecule has 0 spiro atoms. The van der Waals surface area contributed by atoms with Crippen molar-refractivity contribution in [3.05, 3.63) is 102 Å². The van der Waals surface area contributed by atoms with E-state index < -0.39 is 0 Å². The molecule has 2 heterocycles. The summed E-state index contributed by atoms with van der Waals surface area (Å²) in [5, 5.41) is 2.14. The van der Waals surface area contributed by atoms with E-state index in [1.54, 1.807) is 30.3 Å². The first-order valence-electron chi connectivity index (χ1n) is 9.83. The van der Waals surface area contributed by atoms with Crippen LogP contribution in [0.5, 0.6) is 0 Å². The quantitative estimate of drug-likeness (QED) is 0.200. The predicted molar refractivity (Wildman–Crippen MR) is 125 cm³/mol. The lowest BCUT2D eigenvalue weighted by atomic mass is 10.2. The number of halogens is 2. The fraction of sp³-hybridized carbons (Fsp3) is 0.0400. The molecule has 0 aliphatic heterocycles. The zero-order chi connectivity index (χ0) is 22.1. The number of imidazole rings is 1. The number of ketones is 1. The topological polar surface area (TPSA) is 48.0 Å². The summed E-state index contributed by atoms with van der Waals surface area (Å²) in [6.45, 7) is 0. The molecule has 0 N–H and O–H groups in total. The van der Waals surface area contributed by atoms with E-state index in [4.69, 9.17) is 21.0 Å². The Hall–Kier alpha value is -3.35. The molecule has 0 saturated carbocycles. The van der Waals surface area contributed by atoms with Crippen LogP contribution in [0, 0.1) is 5.82 Å². The van der Waals surface area contributed by atoms with Crippen molar-refractivity contribution in [3.63, 3.8) is 0 Å². The van der Waals surface area contributed by atoms with Gasteiger partial charge < -0.3 is 4.42 Å². The molecule has 0 saturated heterocycles. The van der Waals surface area contributed by atoms with Gasteiger partial charge in [0.15, 0.2) is 10.9 Å². The monoisotopic (exact) mass is 462 g/mol. The first-order valence-corrected chi connectivity index (χ1v) is 11.2. The zero-order valence-electron chi connectivity index (χ0n) is 16.7. The van der Waals surface area contributed by atoms with Gasteiger partial charge in [-0.15, -0.1) is 0 Å². The van der Waals surface area contributed by atoms with Crippen LogP contribution in [0.3, 0.4) is 0 Å². The molecule has 0 unspecified atom stereocenters. The molecule has 32 heavy (non-hydrogen) atoms. The number of Topliss-reactive ketones (excluding diaryl/α,β-unsaturated/α-hetero) is 1. The van der Waals surface area contributed by atoms with Crippen LogP contribution in [-0.2, 0) is 0 Å². The second kappa shape index (κ2) is 8.65. The van der Waals surface area contributed by atoms with Gasteiger partial charge in [0, 0.05) is 27.9 Å². The maximum absolute atomic E-state index is 13.4. The number of hydrogen-bond acceptors (Lipinski definition) is 4. The first-order chi connectivity index (χ1) is 15.6. The van der Waals surface area contributed by atoms with Crippen LogP contribution in [0.15, 0.2) is 94.6 Å². The third-order valence-electron chi connectivity index (χ3n) is 4.95. The Morgan fingerprint density at radius 3 is 2.53 bits per heavy atom. The van der Waals surface area contributed by atoms with Gasteiger partial charge in [0.05, 0.1) is 11.4 Å². The summed E-state index contributed by atoms with van der Waals surface area (Å²) >= 11 is 7.31. The number of thioether (sulfide) groups is 1. The normalized spacial score (nSPS) is 11.2. The molecule has 0 bridgehead atoms. The standard InChI is InChI=1S/C25H16ClFN2O2S/c26-18-7-5-16(6-8-18)21-14-29(20-11-9-19(27)10-12-20)25(28-21)32-15-22(30)24-13-17-3-1-2-4-23(17)31-24/h1-14H,15H2. The highest BCUT2D eigenvalue weighted by Gasteiger charge is 2.17. The third kappa shape index (κ3) is 4.20. The summed E-state index contributed by atoms with van der Waals surface area (Å²) in [4.78, 5) is 17.5. The average Bonchev–Trinajstić information content (AvgIpc) is 3.43. The van der Waals surface area contributed by atoms with Crippen LogP contribution in [-0.4, -0.2) is 21.1 Å². The van der Waals surface area contributed by atoms with Gasteiger partial charge in [-0.1, -0.05) is 53.7 Å². The van der Waals surface area contributed by atoms with Crippen molar-refractivity contribution < 1.29 is 13.6 Å². The molecule has 0 atom stereocenters. The highest BCUT2D eigenvalue weighted by Crippen LogP contribution is 2.29. The van der Waals surface area contributed by atoms with Crippen molar-refractivity contribution in [1.29, 1.82) is 0 Å². The van der Waals surface area contributed by atoms with E-state index >= 15 is 0 Å². The summed E-state index contributed by atoms with van der Waals surface area (Å²) in [7, 11) is 0. The number of benzene rings is 3. The molecule has 7 heteroatoms. The van der Waals surface area contributed by atoms with Crippen molar-refractivity contribution in [2.24, 2.45) is 0 Å². The first kappa shape index (κ1) is 20.5. The minimum atomic E-state index is -0.318. The van der Waals surface area contributed by atoms with Crippen LogP contribution < -0.4 is 0 Å². The molecular formula is C25H16ClFN2O2S. The van der Waals surface area contributed by atoms with Crippen molar-refractivity contribution in [3.8, 4) is 16.9 Å². The SMILES string of the molecule is O=C(CSc1nc(-c2ccc(Cl)cc2)cn1-c1ccc(F)cc1)c1cc2ccccc2o1. The van der Waals surface area contributed by atoms with Crippen molar-refractivity contribution >= 4 is 40.1 Å². The van der Waals surface area contributed by atoms with E-state index in [9.17, 15) is 9.18 Å². The molecule has 0 aliphatic rings. The Kier molecular flexibility index (Phi) is 5.55. The fourth-order valence-electron chi connectivity index (χ4n) is 3.33. The number of carbonyl (C=O) groups is 1. The summed E-state index contributed by atoms with van der Waals surface area (Å²) in [5.41, 5.74) is 3.04. The summed E-state index contributed by atoms with van der Waals surface area (Å²) in [5.74, 6) is 0.0171. The summed E-state index contributed by atoms with van der Waals surface area (Å²) < 4.78 is 21.0. The average molecular weight is 463 g/mol. The molecule has 5 rings (SSSR count). The number of fused-ring (bicyclic) bond motifs is 1. The van der Waals surface area contributed by atoms with Crippen LogP contribution in [0.4, 0.5) is 4.39 Å². The summed E-state index contributed by atoms with van der Waals surface area (Å²) in [6.07, 6.45) is 1.87. The van der Waals surface area contributed by atoms with Crippen molar-refractivity contribution in [1.82, 2.24) is 9.55 Å². The molecule has 2 aromatic heterocycles. The Balaban J connectivity index is 1.45. The lowest BCUT2D eigenvalue weighted by Gasteiger charge is -2.06. The maximum atomic E-state index is 13.4. The maximum Gasteiger partial charge on any atom is 0.208 e. The van der Waals surface area contributed by atoms with E-state index in [0.29, 0.717) is 21.5 Å². The molecule has 4 nitrogen and oxygen atoms in total. The highest BCUT2D eigenvalue weighted by molar-refractivity contribution is 7.99. The third-order valence-corrected chi connectivity index (χ3v) is 6.16. The van der Waals surface area contributed by atoms with Crippen LogP contribution in [0.1, 0.15) is 10.6 Å². The predicted octanol–water partition coefficient (Wildman–Crippen LogP) is 7.05. The van der Waals surface area contributed by atoms with Gasteiger partial charge >= 0.3 is 0 Å². The summed E-state index contributed by atoms with van der Waals surface area (Å²) in [6, 6.07) is 22.8. The van der Waals surface area contributed by atoms with Crippen LogP contribution >= 0.6 is 23.4 Å². The van der Waals surface area contributed by atoms with Gasteiger partial charge in [-0.25, -0.2) is 9.37 Å². The van der Waals surface area contributed by atoms with E-state index in [2.05, 4.69) is 0 Å². The van der Waals surface area contributed by atoms with Gasteiger partial charge in [0.1, 0.15) is 11.4 Å². The number of rotatable bonds is 6. The van der Waals surface area contributed by atoms with E-state index in [-0.39, 0.29) is 17.4 Å². The Morgan fingerprint density at radius 2 is 1.78 bits per heavy atom. The molecule has 0 radical (unpaired) electrons. The highest BCUT2D eigenvalue weighted by atomic mass is 35.5. The smallest absolute Gasteiger partial charge is 0.208 e. The molecule has 3 aromatic carbocycles. The zero-order valence-corrected chi connectivity index (χ0v) is 18.2. The fourth-order valence-corrected chi connectivity index (χ4v) is 4.32. The van der Waals surface area contributed by atoms with Gasteiger partial charge in [0.25, 0.3) is 0 Å². The van der Waals surface area contributed by atoms with Gasteiger partial charge in [-0.2, -0.15) is 0 Å². The number of furan rings is 1. The van der Waals surface area contributed by atoms with E-state index in [1.807, 2.05) is 47.2 Å². The number of carbonyl (C=O) groups excluding carboxylic acids is 1. The minimum absolute atomic E-state index is 0.132. The lowest BCUT2D eigenvalue weighted by molar-refractivity contribution is 0.0994. The van der Waals surface area contributed by atoms with E-state index in [0.717, 1.165) is 22.3 Å². The Morgan fingerprint density at radius 1 is 1.03 bits per heavy atom. The van der Waals surface area contributed by atoms with Crippen molar-refractivity contribution in [2.45, 2.75) is 5.16 Å². The Labute approximate surface area is 192 Å². The van der Waals surface area contributed by atoms with Gasteiger partial charge in [0.2, 0.25) is 5.78 Å². The molecule has 0 amide bonds. The molecule has 0 aliphatic carbocycles. The molecular weight excluding hydrogens is 447 g/mol. The van der Waals surface area contributed by atoms with Crippen LogP contribution in [0.2, 0.25) is 5.02 Å². The van der Waals surface area contributed by atoms with Crippen molar-refractivity contribution in [2.75, 3.05) is 5.75 Å². The molecule has 0 fully saturated rings. The molecule has 158 valence electrons. The Bertz CT molecular complexity index is 1380. The molecule has 5 aromatic rings. The largest absolute Gasteiger partial charge is 0.453 e. The number of hydrogen-bond donors (Lipinski definition) is 0. The minimum Gasteiger partial charge on any atom is -0.453 e. The number of aromatic nitrogens is 2. The number of para-hydroxylation sites is 1.